The highest BCUT2D eigenvalue weighted by atomic mass is 19.2. The molecule has 6 rings (SSSR count). The normalized spacial score (nSPS) is 23.8. The predicted molar refractivity (Wildman–Crippen MR) is 106 cm³/mol. The maximum Gasteiger partial charge on any atom is 0.200 e. The molecule has 1 saturated heterocycles. The lowest BCUT2D eigenvalue weighted by Crippen LogP contribution is -2.56. The highest BCUT2D eigenvalue weighted by molar-refractivity contribution is 5.44. The van der Waals surface area contributed by atoms with Crippen molar-refractivity contribution in [2.24, 2.45) is 5.41 Å². The maximum atomic E-state index is 14.3. The minimum absolute atomic E-state index is 0.00793. The number of hydrogen-bond acceptors (Lipinski definition) is 6. The first kappa shape index (κ1) is 18.7. The SMILES string of the molecule is Fc1cc(C2CC2c2cnc(-c3ncccn3)nc2)cc(OC2CC3(COC3)C2)c1F. The van der Waals surface area contributed by atoms with Crippen molar-refractivity contribution in [2.75, 3.05) is 13.2 Å². The second kappa shape index (κ2) is 7.02. The number of ether oxygens (including phenoxy) is 2. The second-order valence-corrected chi connectivity index (χ2v) is 8.82. The van der Waals surface area contributed by atoms with Gasteiger partial charge in [0.15, 0.2) is 23.2 Å². The molecule has 0 bridgehead atoms. The van der Waals surface area contributed by atoms with Crippen LogP contribution >= 0.6 is 0 Å². The van der Waals surface area contributed by atoms with E-state index in [1.165, 1.54) is 6.07 Å². The Morgan fingerprint density at radius 2 is 1.58 bits per heavy atom. The Balaban J connectivity index is 1.17. The lowest BCUT2D eigenvalue weighted by atomic mass is 9.65. The third kappa shape index (κ3) is 3.35. The lowest BCUT2D eigenvalue weighted by Gasteiger charge is -2.52. The van der Waals surface area contributed by atoms with E-state index in [1.807, 2.05) is 0 Å². The van der Waals surface area contributed by atoms with Gasteiger partial charge in [-0.25, -0.2) is 24.3 Å². The first-order valence-corrected chi connectivity index (χ1v) is 10.4. The average molecular weight is 422 g/mol. The summed E-state index contributed by atoms with van der Waals surface area (Å²) in [7, 11) is 0. The van der Waals surface area contributed by atoms with Gasteiger partial charge in [-0.3, -0.25) is 0 Å². The molecule has 3 fully saturated rings. The summed E-state index contributed by atoms with van der Waals surface area (Å²) in [6.07, 6.45) is 9.22. The average Bonchev–Trinajstić information content (AvgIpc) is 3.53. The van der Waals surface area contributed by atoms with Crippen LogP contribution in [-0.2, 0) is 4.74 Å². The van der Waals surface area contributed by atoms with Crippen LogP contribution in [0.1, 0.15) is 42.2 Å². The molecular weight excluding hydrogens is 402 g/mol. The summed E-state index contributed by atoms with van der Waals surface area (Å²) in [5.41, 5.74) is 1.91. The van der Waals surface area contributed by atoms with Crippen LogP contribution in [0.25, 0.3) is 11.6 Å². The Morgan fingerprint density at radius 3 is 2.26 bits per heavy atom. The van der Waals surface area contributed by atoms with Crippen LogP contribution in [0.5, 0.6) is 5.75 Å². The number of hydrogen-bond donors (Lipinski definition) is 0. The molecule has 31 heavy (non-hydrogen) atoms. The molecule has 3 aliphatic rings. The number of aromatic nitrogens is 4. The first-order valence-electron chi connectivity index (χ1n) is 10.4. The molecule has 3 heterocycles. The van der Waals surface area contributed by atoms with Crippen molar-refractivity contribution >= 4 is 0 Å². The van der Waals surface area contributed by atoms with E-state index in [0.29, 0.717) is 11.6 Å². The van der Waals surface area contributed by atoms with E-state index in [9.17, 15) is 8.78 Å². The van der Waals surface area contributed by atoms with Crippen LogP contribution in [0.15, 0.2) is 43.0 Å². The summed E-state index contributed by atoms with van der Waals surface area (Å²) >= 11 is 0. The predicted octanol–water partition coefficient (Wildman–Crippen LogP) is 4.04. The van der Waals surface area contributed by atoms with E-state index in [-0.39, 0.29) is 29.1 Å². The van der Waals surface area contributed by atoms with E-state index in [2.05, 4.69) is 19.9 Å². The minimum Gasteiger partial charge on any atom is -0.487 e. The molecule has 0 radical (unpaired) electrons. The Kier molecular flexibility index (Phi) is 4.24. The van der Waals surface area contributed by atoms with Crippen molar-refractivity contribution < 1.29 is 18.3 Å². The van der Waals surface area contributed by atoms with Crippen molar-refractivity contribution in [1.29, 1.82) is 0 Å². The molecule has 1 spiro atoms. The fourth-order valence-electron chi connectivity index (χ4n) is 4.67. The zero-order valence-corrected chi connectivity index (χ0v) is 16.7. The molecule has 0 amide bonds. The van der Waals surface area contributed by atoms with Crippen LogP contribution in [0.4, 0.5) is 8.78 Å². The van der Waals surface area contributed by atoms with Gasteiger partial charge in [-0.2, -0.15) is 4.39 Å². The zero-order valence-electron chi connectivity index (χ0n) is 16.7. The number of nitrogens with zero attached hydrogens (tertiary/aromatic N) is 4. The van der Waals surface area contributed by atoms with Gasteiger partial charge in [0, 0.05) is 30.2 Å². The standard InChI is InChI=1S/C23H20F2N4O2/c24-18-4-13(5-19(20(18)25)31-15-7-23(8-15)11-30-12-23)16-6-17(16)14-9-28-22(29-10-14)21-26-2-1-3-27-21/h1-5,9-10,15-17H,6-8,11-12H2. The molecule has 3 aromatic rings. The third-order valence-corrected chi connectivity index (χ3v) is 6.53. The number of benzene rings is 1. The monoisotopic (exact) mass is 422 g/mol. The van der Waals surface area contributed by atoms with Crippen molar-refractivity contribution in [3.8, 4) is 17.4 Å². The van der Waals surface area contributed by atoms with Crippen LogP contribution in [-0.4, -0.2) is 39.3 Å². The molecule has 0 N–H and O–H groups in total. The fourth-order valence-corrected chi connectivity index (χ4v) is 4.67. The highest BCUT2D eigenvalue weighted by Crippen LogP contribution is 2.55. The summed E-state index contributed by atoms with van der Waals surface area (Å²) in [5, 5.41) is 0. The van der Waals surface area contributed by atoms with Gasteiger partial charge in [0.25, 0.3) is 0 Å². The molecule has 1 aromatic carbocycles. The van der Waals surface area contributed by atoms with Gasteiger partial charge in [0.05, 0.1) is 13.2 Å². The summed E-state index contributed by atoms with van der Waals surface area (Å²) < 4.78 is 39.7. The van der Waals surface area contributed by atoms with Gasteiger partial charge in [-0.15, -0.1) is 0 Å². The van der Waals surface area contributed by atoms with E-state index in [1.54, 1.807) is 36.9 Å². The molecule has 158 valence electrons. The number of rotatable bonds is 5. The lowest BCUT2D eigenvalue weighted by molar-refractivity contribution is -0.191. The number of halogens is 2. The third-order valence-electron chi connectivity index (χ3n) is 6.53. The van der Waals surface area contributed by atoms with Crippen LogP contribution in [0.2, 0.25) is 0 Å². The molecular formula is C23H20F2N4O2. The molecule has 2 aliphatic carbocycles. The Bertz CT molecular complexity index is 1110. The Morgan fingerprint density at radius 1 is 0.903 bits per heavy atom. The topological polar surface area (TPSA) is 70.0 Å². The van der Waals surface area contributed by atoms with E-state index < -0.39 is 11.6 Å². The molecule has 2 unspecified atom stereocenters. The summed E-state index contributed by atoms with van der Waals surface area (Å²) in [6, 6.07) is 4.66. The van der Waals surface area contributed by atoms with Gasteiger partial charge in [-0.1, -0.05) is 0 Å². The minimum atomic E-state index is -0.915. The van der Waals surface area contributed by atoms with E-state index in [0.717, 1.165) is 43.6 Å². The van der Waals surface area contributed by atoms with E-state index >= 15 is 0 Å². The fraction of sp³-hybridized carbons (Fsp3) is 0.391. The van der Waals surface area contributed by atoms with Gasteiger partial charge < -0.3 is 9.47 Å². The summed E-state index contributed by atoms with van der Waals surface area (Å²) in [6.45, 7) is 1.48. The van der Waals surface area contributed by atoms with Crippen molar-refractivity contribution in [1.82, 2.24) is 19.9 Å². The molecule has 6 nitrogen and oxygen atoms in total. The van der Waals surface area contributed by atoms with E-state index in [4.69, 9.17) is 9.47 Å². The zero-order chi connectivity index (χ0) is 21.0. The Labute approximate surface area is 177 Å². The Hall–Kier alpha value is -3.00. The quantitative estimate of drug-likeness (QED) is 0.618. The van der Waals surface area contributed by atoms with Gasteiger partial charge in [-0.05, 0) is 60.4 Å². The molecule has 1 aliphatic heterocycles. The molecule has 8 heteroatoms. The van der Waals surface area contributed by atoms with Crippen LogP contribution in [0.3, 0.4) is 0 Å². The van der Waals surface area contributed by atoms with Crippen LogP contribution in [0, 0.1) is 17.0 Å². The van der Waals surface area contributed by atoms with Gasteiger partial charge >= 0.3 is 0 Å². The second-order valence-electron chi connectivity index (χ2n) is 8.82. The summed E-state index contributed by atoms with van der Waals surface area (Å²) in [5.74, 6) is -0.590. The van der Waals surface area contributed by atoms with Crippen LogP contribution < -0.4 is 4.74 Å². The molecule has 2 aromatic heterocycles. The van der Waals surface area contributed by atoms with Gasteiger partial charge in [0.1, 0.15) is 6.10 Å². The molecule has 2 atom stereocenters. The van der Waals surface area contributed by atoms with Crippen molar-refractivity contribution in [3.63, 3.8) is 0 Å². The van der Waals surface area contributed by atoms with Crippen molar-refractivity contribution in [3.05, 3.63) is 65.7 Å². The first-order chi connectivity index (χ1) is 15.1. The highest BCUT2D eigenvalue weighted by Gasteiger charge is 2.51. The van der Waals surface area contributed by atoms with Crippen molar-refractivity contribution in [2.45, 2.75) is 37.2 Å². The van der Waals surface area contributed by atoms with Gasteiger partial charge in [0.2, 0.25) is 5.82 Å². The smallest absolute Gasteiger partial charge is 0.200 e. The maximum absolute atomic E-state index is 14.3. The largest absolute Gasteiger partial charge is 0.487 e. The summed E-state index contributed by atoms with van der Waals surface area (Å²) in [4.78, 5) is 17.0. The molecule has 2 saturated carbocycles.